The van der Waals surface area contributed by atoms with Crippen molar-refractivity contribution < 1.29 is 33.1 Å². The van der Waals surface area contributed by atoms with Crippen molar-refractivity contribution in [3.05, 3.63) is 47.8 Å². The maximum Gasteiger partial charge on any atom is 0.328 e. The number of esters is 1. The molecular formula is C29H42FN5O6. The van der Waals surface area contributed by atoms with E-state index in [0.29, 0.717) is 24.9 Å². The van der Waals surface area contributed by atoms with E-state index in [1.54, 1.807) is 45.9 Å². The molecule has 1 heterocycles. The molecule has 0 aliphatic carbocycles. The molecule has 41 heavy (non-hydrogen) atoms. The van der Waals surface area contributed by atoms with E-state index in [2.05, 4.69) is 26.6 Å². The van der Waals surface area contributed by atoms with Crippen LogP contribution in [0.4, 0.5) is 9.18 Å². The minimum absolute atomic E-state index is 0.0937. The molecule has 2 rings (SSSR count). The summed E-state index contributed by atoms with van der Waals surface area (Å²) >= 11 is 0. The fraction of sp³-hybridized carbons (Fsp3) is 0.552. The first kappa shape index (κ1) is 33.2. The van der Waals surface area contributed by atoms with Crippen molar-refractivity contribution in [1.29, 1.82) is 0 Å². The van der Waals surface area contributed by atoms with Gasteiger partial charge in [-0.2, -0.15) is 0 Å². The molecule has 4 atom stereocenters. The molecular weight excluding hydrogens is 533 g/mol. The Morgan fingerprint density at radius 3 is 2.32 bits per heavy atom. The van der Waals surface area contributed by atoms with Crippen LogP contribution in [0.5, 0.6) is 0 Å². The van der Waals surface area contributed by atoms with Gasteiger partial charge in [0.25, 0.3) is 0 Å². The minimum atomic E-state index is -1.01. The molecule has 0 fully saturated rings. The van der Waals surface area contributed by atoms with Crippen molar-refractivity contribution in [3.63, 3.8) is 0 Å². The van der Waals surface area contributed by atoms with E-state index in [-0.39, 0.29) is 30.6 Å². The minimum Gasteiger partial charge on any atom is -0.467 e. The fourth-order valence-corrected chi connectivity index (χ4v) is 4.31. The number of ether oxygens (including phenoxy) is 1. The molecule has 5 amide bonds. The molecule has 0 aromatic heterocycles. The number of carbonyl (C=O) groups excluding carboxylic acids is 5. The van der Waals surface area contributed by atoms with Crippen molar-refractivity contribution in [1.82, 2.24) is 26.6 Å². The van der Waals surface area contributed by atoms with Gasteiger partial charge in [-0.15, -0.1) is 0 Å². The van der Waals surface area contributed by atoms with Gasteiger partial charge >= 0.3 is 12.0 Å². The highest BCUT2D eigenvalue weighted by molar-refractivity contribution is 5.93. The second kappa shape index (κ2) is 16.3. The molecule has 1 aromatic rings. The first-order valence-corrected chi connectivity index (χ1v) is 13.9. The Balaban J connectivity index is 2.19. The van der Waals surface area contributed by atoms with Crippen LogP contribution in [0.15, 0.2) is 36.4 Å². The molecule has 0 spiro atoms. The first-order valence-electron chi connectivity index (χ1n) is 13.9. The lowest BCUT2D eigenvalue weighted by Crippen LogP contribution is -2.59. The molecule has 12 heteroatoms. The summed E-state index contributed by atoms with van der Waals surface area (Å²) in [4.78, 5) is 63.6. The second-order valence-electron chi connectivity index (χ2n) is 10.7. The van der Waals surface area contributed by atoms with Crippen LogP contribution in [0, 0.1) is 17.7 Å². The molecule has 0 bridgehead atoms. The zero-order valence-electron chi connectivity index (χ0n) is 24.3. The molecule has 11 nitrogen and oxygen atoms in total. The zero-order chi connectivity index (χ0) is 30.5. The Kier molecular flexibility index (Phi) is 13.2. The zero-order valence-corrected chi connectivity index (χ0v) is 24.3. The number of methoxy groups -OCH3 is 1. The standard InChI is InChI=1S/C29H42FN5O6/c1-17(2)24(34-29(40)35-25(18(3)4)28(39)41-5)27(38)33-22-12-8-9-15-31-23(36)14-13-20(32-26(22)37)16-19-10-6-7-11-21(19)30/h6-7,10-11,13-14,17-18,20,22,24-25H,8-9,12,15-16H2,1-5H3,(H,31,36)(H,32,37)(H,33,38)(H2,34,35,40)/t20-,22+,24?,25?/m1/s1. The van der Waals surface area contributed by atoms with Crippen LogP contribution < -0.4 is 26.6 Å². The number of nitrogens with one attached hydrogen (secondary N) is 5. The molecule has 0 radical (unpaired) electrons. The Bertz CT molecular complexity index is 1110. The van der Waals surface area contributed by atoms with E-state index in [1.165, 1.54) is 25.3 Å². The summed E-state index contributed by atoms with van der Waals surface area (Å²) in [5.41, 5.74) is 0.359. The maximum atomic E-state index is 14.3. The van der Waals surface area contributed by atoms with Crippen LogP contribution in [0.1, 0.15) is 52.5 Å². The number of rotatable bonds is 9. The summed E-state index contributed by atoms with van der Waals surface area (Å²) < 4.78 is 19.1. The molecule has 1 aliphatic rings. The predicted octanol–water partition coefficient (Wildman–Crippen LogP) is 1.72. The predicted molar refractivity (Wildman–Crippen MR) is 151 cm³/mol. The van der Waals surface area contributed by atoms with E-state index >= 15 is 0 Å². The average molecular weight is 576 g/mol. The summed E-state index contributed by atoms with van der Waals surface area (Å²) in [5, 5.41) is 13.5. The summed E-state index contributed by atoms with van der Waals surface area (Å²) in [7, 11) is 1.22. The molecule has 1 aliphatic heterocycles. The fourth-order valence-electron chi connectivity index (χ4n) is 4.31. The normalized spacial score (nSPS) is 19.6. The van der Waals surface area contributed by atoms with Gasteiger partial charge in [0.15, 0.2) is 0 Å². The van der Waals surface area contributed by atoms with E-state index in [9.17, 15) is 28.4 Å². The Morgan fingerprint density at radius 1 is 1.02 bits per heavy atom. The highest BCUT2D eigenvalue weighted by Crippen LogP contribution is 2.12. The number of halogens is 1. The number of urea groups is 1. The summed E-state index contributed by atoms with van der Waals surface area (Å²) in [6.07, 6.45) is 4.27. The van der Waals surface area contributed by atoms with E-state index in [4.69, 9.17) is 4.74 Å². The SMILES string of the molecule is COC(=O)C(NC(=O)NC(C(=O)N[C@H]1CCCCNC(=O)C=C[C@H](Cc2ccccc2F)NC1=O)C(C)C)C(C)C. The van der Waals surface area contributed by atoms with Crippen LogP contribution in [-0.4, -0.2) is 67.5 Å². The van der Waals surface area contributed by atoms with Gasteiger partial charge < -0.3 is 31.3 Å². The van der Waals surface area contributed by atoms with Crippen LogP contribution in [0.3, 0.4) is 0 Å². The van der Waals surface area contributed by atoms with Gasteiger partial charge in [-0.25, -0.2) is 14.0 Å². The largest absolute Gasteiger partial charge is 0.467 e. The molecule has 5 N–H and O–H groups in total. The molecule has 0 saturated carbocycles. The number of hydrogen-bond acceptors (Lipinski definition) is 6. The third-order valence-electron chi connectivity index (χ3n) is 6.70. The first-order chi connectivity index (χ1) is 19.4. The molecule has 226 valence electrons. The van der Waals surface area contributed by atoms with Crippen LogP contribution in [0.25, 0.3) is 0 Å². The molecule has 0 saturated heterocycles. The third-order valence-corrected chi connectivity index (χ3v) is 6.70. The highest BCUT2D eigenvalue weighted by atomic mass is 19.1. The number of carbonyl (C=O) groups is 5. The molecule has 1 aromatic carbocycles. The summed E-state index contributed by atoms with van der Waals surface area (Å²) in [6.45, 7) is 7.36. The van der Waals surface area contributed by atoms with Gasteiger partial charge in [-0.1, -0.05) is 52.0 Å². The van der Waals surface area contributed by atoms with Gasteiger partial charge in [0.1, 0.15) is 23.9 Å². The highest BCUT2D eigenvalue weighted by Gasteiger charge is 2.31. The van der Waals surface area contributed by atoms with Crippen molar-refractivity contribution in [3.8, 4) is 0 Å². The second-order valence-corrected chi connectivity index (χ2v) is 10.7. The van der Waals surface area contributed by atoms with Crippen molar-refractivity contribution in [2.75, 3.05) is 13.7 Å². The third kappa shape index (κ3) is 10.8. The lowest BCUT2D eigenvalue weighted by Gasteiger charge is -2.27. The summed E-state index contributed by atoms with van der Waals surface area (Å²) in [6, 6.07) is 1.84. The smallest absolute Gasteiger partial charge is 0.328 e. The van der Waals surface area contributed by atoms with E-state index < -0.39 is 53.8 Å². The van der Waals surface area contributed by atoms with Gasteiger partial charge in [-0.05, 0) is 49.1 Å². The lowest BCUT2D eigenvalue weighted by atomic mass is 10.0. The topological polar surface area (TPSA) is 155 Å². The van der Waals surface area contributed by atoms with Crippen molar-refractivity contribution in [2.45, 2.75) is 77.5 Å². The van der Waals surface area contributed by atoms with E-state index in [1.807, 2.05) is 0 Å². The summed E-state index contributed by atoms with van der Waals surface area (Å²) in [5.74, 6) is -3.04. The lowest BCUT2D eigenvalue weighted by molar-refractivity contribution is -0.144. The Morgan fingerprint density at radius 2 is 1.68 bits per heavy atom. The van der Waals surface area contributed by atoms with Gasteiger partial charge in [0, 0.05) is 12.6 Å². The van der Waals surface area contributed by atoms with Gasteiger partial charge in [-0.3, -0.25) is 14.4 Å². The monoisotopic (exact) mass is 575 g/mol. The van der Waals surface area contributed by atoms with Gasteiger partial charge in [0.2, 0.25) is 17.7 Å². The number of hydrogen-bond donors (Lipinski definition) is 5. The van der Waals surface area contributed by atoms with Gasteiger partial charge in [0.05, 0.1) is 13.2 Å². The number of benzene rings is 1. The Labute approximate surface area is 240 Å². The average Bonchev–Trinajstić information content (AvgIpc) is 2.92. The van der Waals surface area contributed by atoms with Crippen LogP contribution >= 0.6 is 0 Å². The van der Waals surface area contributed by atoms with Crippen molar-refractivity contribution in [2.24, 2.45) is 11.8 Å². The van der Waals surface area contributed by atoms with E-state index in [0.717, 1.165) is 0 Å². The quantitative estimate of drug-likeness (QED) is 0.283. The number of amides is 5. The maximum absolute atomic E-state index is 14.3. The van der Waals surface area contributed by atoms with Crippen LogP contribution in [-0.2, 0) is 30.3 Å². The van der Waals surface area contributed by atoms with Crippen molar-refractivity contribution >= 4 is 29.7 Å². The Hall–Kier alpha value is -3.96. The molecule has 2 unspecified atom stereocenters. The van der Waals surface area contributed by atoms with Crippen LogP contribution in [0.2, 0.25) is 0 Å².